The number of phenolic OH excluding ortho intramolecular Hbond substituents is 1. The molecule has 3 N–H and O–H groups in total. The van der Waals surface area contributed by atoms with Gasteiger partial charge in [-0.2, -0.15) is 4.98 Å². The lowest BCUT2D eigenvalue weighted by Gasteiger charge is -2.06. The number of aromatic amines is 1. The molecule has 2 rings (SSSR count). The number of aromatic nitrogens is 2. The maximum absolute atomic E-state index is 11.8. The smallest absolute Gasteiger partial charge is 0.258 e. The van der Waals surface area contributed by atoms with Crippen molar-refractivity contribution in [1.82, 2.24) is 9.97 Å². The van der Waals surface area contributed by atoms with Crippen LogP contribution >= 0.6 is 11.6 Å². The Bertz CT molecular complexity index is 667. The second-order valence-electron chi connectivity index (χ2n) is 4.13. The molecule has 0 amide bonds. The first-order valence-electron chi connectivity index (χ1n) is 5.84. The van der Waals surface area contributed by atoms with Crippen LogP contribution in [-0.4, -0.2) is 20.2 Å². The second kappa shape index (κ2) is 5.32. The van der Waals surface area contributed by atoms with Gasteiger partial charge in [0.25, 0.3) is 5.56 Å². The molecule has 0 aliphatic heterocycles. The average molecular weight is 281 g/mol. The van der Waals surface area contributed by atoms with E-state index in [1.54, 1.807) is 6.07 Å². The number of aromatic hydroxyl groups is 2. The Morgan fingerprint density at radius 2 is 2.11 bits per heavy atom. The summed E-state index contributed by atoms with van der Waals surface area (Å²) in [7, 11) is 0. The van der Waals surface area contributed by atoms with Crippen LogP contribution in [0.1, 0.15) is 18.9 Å². The van der Waals surface area contributed by atoms with E-state index in [1.807, 2.05) is 6.92 Å². The molecule has 0 saturated carbocycles. The molecule has 0 atom stereocenters. The van der Waals surface area contributed by atoms with Gasteiger partial charge in [0.1, 0.15) is 11.6 Å². The van der Waals surface area contributed by atoms with Gasteiger partial charge >= 0.3 is 0 Å². The number of H-pyrrole nitrogens is 1. The second-order valence-corrected chi connectivity index (χ2v) is 4.54. The number of phenols is 1. The number of hydrogen-bond donors (Lipinski definition) is 3. The lowest BCUT2D eigenvalue weighted by atomic mass is 10.1. The molecule has 0 bridgehead atoms. The third-order valence-corrected chi connectivity index (χ3v) is 3.02. The lowest BCUT2D eigenvalue weighted by molar-refractivity contribution is 0.443. The number of halogens is 1. The lowest BCUT2D eigenvalue weighted by Crippen LogP contribution is -2.15. The highest BCUT2D eigenvalue weighted by Gasteiger charge is 2.12. The van der Waals surface area contributed by atoms with Crippen molar-refractivity contribution in [2.45, 2.75) is 19.8 Å². The third-order valence-electron chi connectivity index (χ3n) is 2.71. The Kier molecular flexibility index (Phi) is 3.76. The van der Waals surface area contributed by atoms with E-state index in [1.165, 1.54) is 12.1 Å². The van der Waals surface area contributed by atoms with E-state index in [4.69, 9.17) is 11.6 Å². The summed E-state index contributed by atoms with van der Waals surface area (Å²) < 4.78 is 0. The van der Waals surface area contributed by atoms with Crippen molar-refractivity contribution in [3.05, 3.63) is 39.1 Å². The van der Waals surface area contributed by atoms with Crippen LogP contribution in [0.25, 0.3) is 11.4 Å². The maximum atomic E-state index is 11.8. The van der Waals surface area contributed by atoms with Crippen LogP contribution in [-0.2, 0) is 6.42 Å². The first kappa shape index (κ1) is 13.4. The van der Waals surface area contributed by atoms with E-state index in [0.717, 1.165) is 6.42 Å². The number of nitrogens with one attached hydrogen (secondary N) is 1. The standard InChI is InChI=1S/C13H13ClN2O3/c1-2-3-8-12(18)15-11(16-13(8)19)7-4-5-10(17)9(14)6-7/h4-6,17H,2-3H2,1H3,(H2,15,16,18,19). The van der Waals surface area contributed by atoms with Crippen LogP contribution in [0.4, 0.5) is 0 Å². The largest absolute Gasteiger partial charge is 0.506 e. The van der Waals surface area contributed by atoms with Gasteiger partial charge in [-0.05, 0) is 24.6 Å². The van der Waals surface area contributed by atoms with Crippen LogP contribution in [0.15, 0.2) is 23.0 Å². The molecule has 100 valence electrons. The molecule has 6 heteroatoms. The van der Waals surface area contributed by atoms with Crippen molar-refractivity contribution in [2.24, 2.45) is 0 Å². The third kappa shape index (κ3) is 2.71. The van der Waals surface area contributed by atoms with Crippen LogP contribution in [0, 0.1) is 0 Å². The Labute approximate surface area is 114 Å². The fraction of sp³-hybridized carbons (Fsp3) is 0.231. The van der Waals surface area contributed by atoms with E-state index in [9.17, 15) is 15.0 Å². The molecule has 0 fully saturated rings. The van der Waals surface area contributed by atoms with Gasteiger partial charge in [0.05, 0.1) is 10.6 Å². The van der Waals surface area contributed by atoms with Crippen molar-refractivity contribution in [1.29, 1.82) is 0 Å². The summed E-state index contributed by atoms with van der Waals surface area (Å²) in [5, 5.41) is 19.3. The van der Waals surface area contributed by atoms with E-state index < -0.39 is 0 Å². The predicted molar refractivity (Wildman–Crippen MR) is 72.6 cm³/mol. The molecule has 1 aromatic heterocycles. The Balaban J connectivity index is 2.52. The maximum Gasteiger partial charge on any atom is 0.258 e. The molecule has 0 unspecified atom stereocenters. The van der Waals surface area contributed by atoms with Crippen LogP contribution in [0.2, 0.25) is 5.02 Å². The zero-order valence-corrected chi connectivity index (χ0v) is 11.0. The number of hydrogen-bond acceptors (Lipinski definition) is 4. The predicted octanol–water partition coefficient (Wildman–Crippen LogP) is 2.45. The number of rotatable bonds is 3. The highest BCUT2D eigenvalue weighted by molar-refractivity contribution is 6.32. The van der Waals surface area contributed by atoms with E-state index in [-0.39, 0.29) is 33.6 Å². The van der Waals surface area contributed by atoms with Crippen LogP contribution in [0.3, 0.4) is 0 Å². The summed E-state index contributed by atoms with van der Waals surface area (Å²) >= 11 is 5.79. The SMILES string of the molecule is CCCc1c(O)nc(-c2ccc(O)c(Cl)c2)[nH]c1=O. The first-order chi connectivity index (χ1) is 9.02. The monoisotopic (exact) mass is 280 g/mol. The van der Waals surface area contributed by atoms with Gasteiger partial charge in [-0.15, -0.1) is 0 Å². The topological polar surface area (TPSA) is 86.2 Å². The molecule has 5 nitrogen and oxygen atoms in total. The molecule has 2 aromatic rings. The minimum Gasteiger partial charge on any atom is -0.506 e. The van der Waals surface area contributed by atoms with Crippen molar-refractivity contribution >= 4 is 11.6 Å². The fourth-order valence-electron chi connectivity index (χ4n) is 1.75. The molecule has 1 heterocycles. The Morgan fingerprint density at radius 1 is 1.37 bits per heavy atom. The molecule has 0 spiro atoms. The minimum atomic E-state index is -0.367. The van der Waals surface area contributed by atoms with E-state index in [0.29, 0.717) is 12.0 Å². The van der Waals surface area contributed by atoms with E-state index >= 15 is 0 Å². The minimum absolute atomic E-state index is 0.0559. The summed E-state index contributed by atoms with van der Waals surface area (Å²) in [6.45, 7) is 1.91. The number of benzene rings is 1. The Morgan fingerprint density at radius 3 is 2.68 bits per heavy atom. The molecular weight excluding hydrogens is 268 g/mol. The van der Waals surface area contributed by atoms with Gasteiger partial charge in [0, 0.05) is 5.56 Å². The molecule has 0 aliphatic rings. The van der Waals surface area contributed by atoms with E-state index in [2.05, 4.69) is 9.97 Å². The number of nitrogens with zero attached hydrogens (tertiary/aromatic N) is 1. The summed E-state index contributed by atoms with van der Waals surface area (Å²) in [6.07, 6.45) is 1.20. The summed E-state index contributed by atoms with van der Waals surface area (Å²) in [6, 6.07) is 4.42. The van der Waals surface area contributed by atoms with Gasteiger partial charge in [0.2, 0.25) is 5.88 Å². The molecule has 1 aromatic carbocycles. The molecule has 19 heavy (non-hydrogen) atoms. The van der Waals surface area contributed by atoms with Gasteiger partial charge in [-0.25, -0.2) is 0 Å². The fourth-order valence-corrected chi connectivity index (χ4v) is 1.93. The van der Waals surface area contributed by atoms with Gasteiger partial charge in [-0.1, -0.05) is 24.9 Å². The highest BCUT2D eigenvalue weighted by Crippen LogP contribution is 2.28. The van der Waals surface area contributed by atoms with Crippen LogP contribution < -0.4 is 5.56 Å². The van der Waals surface area contributed by atoms with Gasteiger partial charge in [-0.3, -0.25) is 4.79 Å². The zero-order valence-electron chi connectivity index (χ0n) is 10.3. The molecule has 0 radical (unpaired) electrons. The van der Waals surface area contributed by atoms with Gasteiger partial charge in [0.15, 0.2) is 0 Å². The highest BCUT2D eigenvalue weighted by atomic mass is 35.5. The van der Waals surface area contributed by atoms with Crippen molar-refractivity contribution in [3.8, 4) is 23.0 Å². The summed E-state index contributed by atoms with van der Waals surface area (Å²) in [4.78, 5) is 18.4. The summed E-state index contributed by atoms with van der Waals surface area (Å²) in [5.41, 5.74) is 0.419. The van der Waals surface area contributed by atoms with Crippen LogP contribution in [0.5, 0.6) is 11.6 Å². The van der Waals surface area contributed by atoms with Crippen molar-refractivity contribution in [3.63, 3.8) is 0 Å². The zero-order chi connectivity index (χ0) is 14.0. The quantitative estimate of drug-likeness (QED) is 0.806. The summed E-state index contributed by atoms with van der Waals surface area (Å²) in [5.74, 6) is -0.117. The van der Waals surface area contributed by atoms with Crippen molar-refractivity contribution in [2.75, 3.05) is 0 Å². The van der Waals surface area contributed by atoms with Crippen molar-refractivity contribution < 1.29 is 10.2 Å². The first-order valence-corrected chi connectivity index (χ1v) is 6.21. The van der Waals surface area contributed by atoms with Gasteiger partial charge < -0.3 is 15.2 Å². The molecular formula is C13H13ClN2O3. The Hall–Kier alpha value is -2.01. The molecule has 0 aliphatic carbocycles. The normalized spacial score (nSPS) is 10.6. The average Bonchev–Trinajstić information content (AvgIpc) is 2.37. The molecule has 0 saturated heterocycles.